The molecule has 5 rings (SSSR count). The number of ether oxygens (including phenoxy) is 2. The molecule has 1 heterocycles. The van der Waals surface area contributed by atoms with E-state index in [1.54, 1.807) is 0 Å². The summed E-state index contributed by atoms with van der Waals surface area (Å²) in [6.07, 6.45) is 3.91. The Morgan fingerprint density at radius 2 is 1.53 bits per heavy atom. The van der Waals surface area contributed by atoms with Gasteiger partial charge in [-0.15, -0.1) is 0 Å². The predicted molar refractivity (Wildman–Crippen MR) is 137 cm³/mol. The fourth-order valence-corrected chi connectivity index (χ4v) is 4.68. The van der Waals surface area contributed by atoms with Crippen molar-refractivity contribution in [2.75, 3.05) is 0 Å². The molecular formula is C29H27N3O2. The van der Waals surface area contributed by atoms with E-state index in [1.807, 2.05) is 44.2 Å². The maximum Gasteiger partial charge on any atom is 0.164 e. The van der Waals surface area contributed by atoms with Crippen LogP contribution in [0.3, 0.4) is 0 Å². The lowest BCUT2D eigenvalue weighted by molar-refractivity contribution is -0.144. The molecule has 0 bridgehead atoms. The molecule has 5 heteroatoms. The first-order valence-electron chi connectivity index (χ1n) is 11.6. The third-order valence-corrected chi connectivity index (χ3v) is 6.25. The van der Waals surface area contributed by atoms with Gasteiger partial charge in [-0.1, -0.05) is 96.1 Å². The van der Waals surface area contributed by atoms with E-state index in [4.69, 9.17) is 9.47 Å². The van der Waals surface area contributed by atoms with E-state index in [2.05, 4.69) is 76.8 Å². The summed E-state index contributed by atoms with van der Waals surface area (Å²) in [4.78, 5) is 3.14. The summed E-state index contributed by atoms with van der Waals surface area (Å²) >= 11 is 0. The molecule has 0 aliphatic carbocycles. The third-order valence-electron chi connectivity index (χ3n) is 6.25. The number of azide groups is 1. The van der Waals surface area contributed by atoms with Crippen LogP contribution >= 0.6 is 0 Å². The fraction of sp³-hybridized carbons (Fsp3) is 0.241. The number of hydrogen-bond donors (Lipinski definition) is 0. The van der Waals surface area contributed by atoms with E-state index in [0.29, 0.717) is 6.42 Å². The van der Waals surface area contributed by atoms with Crippen LogP contribution in [-0.2, 0) is 15.9 Å². The van der Waals surface area contributed by atoms with Crippen LogP contribution in [0.25, 0.3) is 38.1 Å². The summed E-state index contributed by atoms with van der Waals surface area (Å²) in [5.74, 6) is -0.768. The van der Waals surface area contributed by atoms with Crippen LogP contribution in [-0.4, -0.2) is 24.0 Å². The molecule has 0 spiro atoms. The van der Waals surface area contributed by atoms with Crippen molar-refractivity contribution in [3.63, 3.8) is 0 Å². The van der Waals surface area contributed by atoms with Crippen molar-refractivity contribution >= 4 is 27.6 Å². The molecule has 5 nitrogen and oxygen atoms in total. The van der Waals surface area contributed by atoms with Gasteiger partial charge in [0.1, 0.15) is 6.10 Å². The molecule has 0 N–H and O–H groups in total. The summed E-state index contributed by atoms with van der Waals surface area (Å²) in [7, 11) is 0. The summed E-state index contributed by atoms with van der Waals surface area (Å²) in [6.45, 7) is 3.79. The van der Waals surface area contributed by atoms with E-state index >= 15 is 0 Å². The highest BCUT2D eigenvalue weighted by Crippen LogP contribution is 2.34. The van der Waals surface area contributed by atoms with Crippen LogP contribution in [0, 0.1) is 0 Å². The van der Waals surface area contributed by atoms with Gasteiger partial charge in [0.25, 0.3) is 0 Å². The van der Waals surface area contributed by atoms with Gasteiger partial charge in [-0.05, 0) is 64.5 Å². The van der Waals surface area contributed by atoms with E-state index in [-0.39, 0.29) is 6.10 Å². The van der Waals surface area contributed by atoms with Crippen LogP contribution in [0.2, 0.25) is 0 Å². The predicted octanol–water partition coefficient (Wildman–Crippen LogP) is 7.45. The minimum Gasteiger partial charge on any atom is -0.344 e. The number of fused-ring (bicyclic) bond motifs is 2. The van der Waals surface area contributed by atoms with Gasteiger partial charge >= 0.3 is 0 Å². The van der Waals surface area contributed by atoms with Crippen molar-refractivity contribution in [3.8, 4) is 0 Å². The van der Waals surface area contributed by atoms with Gasteiger partial charge in [0, 0.05) is 4.91 Å². The quantitative estimate of drug-likeness (QED) is 0.174. The molecule has 34 heavy (non-hydrogen) atoms. The molecule has 3 atom stereocenters. The minimum absolute atomic E-state index is 0.336. The van der Waals surface area contributed by atoms with Gasteiger partial charge in [-0.25, -0.2) is 0 Å². The van der Waals surface area contributed by atoms with E-state index in [9.17, 15) is 5.53 Å². The summed E-state index contributed by atoms with van der Waals surface area (Å²) in [5.41, 5.74) is 11.5. The van der Waals surface area contributed by atoms with Crippen molar-refractivity contribution in [2.24, 2.45) is 5.11 Å². The second kappa shape index (κ2) is 9.32. The van der Waals surface area contributed by atoms with Gasteiger partial charge in [-0.3, -0.25) is 0 Å². The largest absolute Gasteiger partial charge is 0.344 e. The highest BCUT2D eigenvalue weighted by Gasteiger charge is 2.43. The van der Waals surface area contributed by atoms with Gasteiger partial charge < -0.3 is 9.47 Å². The molecule has 0 radical (unpaired) electrons. The smallest absolute Gasteiger partial charge is 0.164 e. The molecule has 0 saturated carbocycles. The van der Waals surface area contributed by atoms with E-state index in [1.165, 1.54) is 16.2 Å². The van der Waals surface area contributed by atoms with Gasteiger partial charge in [0.15, 0.2) is 5.79 Å². The Bertz CT molecular complexity index is 1400. The van der Waals surface area contributed by atoms with Gasteiger partial charge in [-0.2, -0.15) is 0 Å². The Balaban J connectivity index is 1.41. The lowest BCUT2D eigenvalue weighted by Crippen LogP contribution is -2.34. The van der Waals surface area contributed by atoms with Crippen molar-refractivity contribution in [1.82, 2.24) is 0 Å². The van der Waals surface area contributed by atoms with Crippen LogP contribution in [0.1, 0.15) is 25.0 Å². The average Bonchev–Trinajstić information content (AvgIpc) is 3.16. The van der Waals surface area contributed by atoms with Crippen molar-refractivity contribution in [2.45, 2.75) is 44.3 Å². The summed E-state index contributed by atoms with van der Waals surface area (Å²) < 4.78 is 12.5. The number of nitrogens with zero attached hydrogens (tertiary/aromatic N) is 3. The Hall–Kier alpha value is -3.63. The highest BCUT2D eigenvalue weighted by molar-refractivity contribution is 5.85. The number of rotatable bonds is 6. The van der Waals surface area contributed by atoms with E-state index in [0.717, 1.165) is 16.5 Å². The second-order valence-electron chi connectivity index (χ2n) is 9.19. The molecule has 0 aromatic heterocycles. The van der Waals surface area contributed by atoms with Crippen molar-refractivity contribution in [1.29, 1.82) is 0 Å². The second-order valence-corrected chi connectivity index (χ2v) is 9.19. The first-order valence-corrected chi connectivity index (χ1v) is 11.6. The molecular weight excluding hydrogens is 422 g/mol. The zero-order valence-electron chi connectivity index (χ0n) is 19.3. The molecule has 1 saturated heterocycles. The standard InChI is InChI=1S/C29H27N3O2/c1-29(2)33-27(16-13-20-11-14-22-7-3-5-9-24(22)17-20)28(34-29)26(31-32-30)19-21-12-15-23-8-4-6-10-25(23)18-21/h3-18,26-28H,19H2,1-2H3/b16-13+/t26-,27+,28+/m1/s1. The van der Waals surface area contributed by atoms with Crippen LogP contribution in [0.15, 0.2) is 96.1 Å². The molecule has 1 aliphatic heterocycles. The summed E-state index contributed by atoms with van der Waals surface area (Å²) in [5, 5.41) is 8.88. The van der Waals surface area contributed by atoms with Crippen LogP contribution in [0.5, 0.6) is 0 Å². The Morgan fingerprint density at radius 1 is 0.882 bits per heavy atom. The zero-order valence-corrected chi connectivity index (χ0v) is 19.3. The van der Waals surface area contributed by atoms with E-state index < -0.39 is 17.9 Å². The number of benzene rings is 4. The van der Waals surface area contributed by atoms with Crippen molar-refractivity contribution < 1.29 is 9.47 Å². The fourth-order valence-electron chi connectivity index (χ4n) is 4.68. The molecule has 0 unspecified atom stereocenters. The van der Waals surface area contributed by atoms with Crippen LogP contribution in [0.4, 0.5) is 0 Å². The Labute approximate surface area is 199 Å². The first kappa shape index (κ1) is 22.2. The molecule has 1 fully saturated rings. The first-order chi connectivity index (χ1) is 16.5. The molecule has 4 aromatic rings. The van der Waals surface area contributed by atoms with Crippen LogP contribution < -0.4 is 0 Å². The third kappa shape index (κ3) is 4.82. The normalized spacial score (nSPS) is 20.5. The molecule has 0 amide bonds. The Morgan fingerprint density at radius 3 is 2.24 bits per heavy atom. The summed E-state index contributed by atoms with van der Waals surface area (Å²) in [6, 6.07) is 28.8. The molecule has 1 aliphatic rings. The minimum atomic E-state index is -0.768. The lowest BCUT2D eigenvalue weighted by Gasteiger charge is -2.22. The SMILES string of the molecule is CC1(C)O[C@@H]([C@@H](Cc2ccc3ccccc3c2)N=[N+]=[N-])[C@H](/C=C/c2ccc3ccccc3c2)O1. The topological polar surface area (TPSA) is 67.2 Å². The van der Waals surface area contributed by atoms with Gasteiger partial charge in [0.2, 0.25) is 0 Å². The molecule has 170 valence electrons. The van der Waals surface area contributed by atoms with Crippen molar-refractivity contribution in [3.05, 3.63) is 113 Å². The maximum absolute atomic E-state index is 9.32. The lowest BCUT2D eigenvalue weighted by atomic mass is 9.96. The maximum atomic E-state index is 9.32. The average molecular weight is 450 g/mol. The monoisotopic (exact) mass is 449 g/mol. The highest BCUT2D eigenvalue weighted by atomic mass is 16.8. The van der Waals surface area contributed by atoms with Gasteiger partial charge in [0.05, 0.1) is 12.1 Å². The molecule has 4 aromatic carbocycles. The Kier molecular flexibility index (Phi) is 6.08. The number of hydrogen-bond acceptors (Lipinski definition) is 3. The zero-order chi connectivity index (χ0) is 23.5.